The van der Waals surface area contributed by atoms with Gasteiger partial charge in [-0.3, -0.25) is 14.7 Å². The number of hydrogen-bond acceptors (Lipinski definition) is 4. The van der Waals surface area contributed by atoms with Crippen molar-refractivity contribution in [3.63, 3.8) is 0 Å². The predicted octanol–water partition coefficient (Wildman–Crippen LogP) is 4.89. The van der Waals surface area contributed by atoms with Crippen LogP contribution in [-0.4, -0.2) is 16.1 Å². The molecule has 1 saturated heterocycles. The lowest BCUT2D eigenvalue weighted by atomic mass is 10.2. The SMILES string of the molecule is O=C1/C(=C/c2ccccn2)SC(=Nc2ccccc2)N1c1ccccc1. The molecule has 1 fully saturated rings. The number of thioether (sulfide) groups is 1. The van der Waals surface area contributed by atoms with Crippen LogP contribution in [-0.2, 0) is 4.79 Å². The molecule has 2 aromatic carbocycles. The maximum absolute atomic E-state index is 13.0. The number of para-hydroxylation sites is 2. The molecule has 0 unspecified atom stereocenters. The van der Waals surface area contributed by atoms with Crippen LogP contribution in [0, 0.1) is 0 Å². The topological polar surface area (TPSA) is 45.6 Å². The lowest BCUT2D eigenvalue weighted by Gasteiger charge is -2.15. The maximum Gasteiger partial charge on any atom is 0.271 e. The smallest absolute Gasteiger partial charge is 0.268 e. The fourth-order valence-electron chi connectivity index (χ4n) is 2.56. The van der Waals surface area contributed by atoms with Crippen LogP contribution in [0.5, 0.6) is 0 Å². The highest BCUT2D eigenvalue weighted by molar-refractivity contribution is 8.19. The van der Waals surface area contributed by atoms with Gasteiger partial charge >= 0.3 is 0 Å². The van der Waals surface area contributed by atoms with E-state index in [9.17, 15) is 4.79 Å². The normalized spacial score (nSPS) is 17.2. The van der Waals surface area contributed by atoms with E-state index in [-0.39, 0.29) is 5.91 Å². The van der Waals surface area contributed by atoms with Crippen LogP contribution in [0.25, 0.3) is 6.08 Å². The lowest BCUT2D eigenvalue weighted by molar-refractivity contribution is -0.113. The number of hydrogen-bond donors (Lipinski definition) is 0. The summed E-state index contributed by atoms with van der Waals surface area (Å²) in [6.45, 7) is 0. The minimum atomic E-state index is -0.0958. The molecule has 26 heavy (non-hydrogen) atoms. The van der Waals surface area contributed by atoms with E-state index >= 15 is 0 Å². The molecule has 0 bridgehead atoms. The van der Waals surface area contributed by atoms with E-state index in [0.717, 1.165) is 17.1 Å². The summed E-state index contributed by atoms with van der Waals surface area (Å²) in [5, 5.41) is 0.634. The van der Waals surface area contributed by atoms with E-state index in [0.29, 0.717) is 10.1 Å². The van der Waals surface area contributed by atoms with Gasteiger partial charge in [-0.15, -0.1) is 0 Å². The summed E-state index contributed by atoms with van der Waals surface area (Å²) in [6.07, 6.45) is 3.51. The highest BCUT2D eigenvalue weighted by Crippen LogP contribution is 2.36. The van der Waals surface area contributed by atoms with Gasteiger partial charge in [0, 0.05) is 6.20 Å². The number of amidine groups is 1. The van der Waals surface area contributed by atoms with Crippen LogP contribution in [0.2, 0.25) is 0 Å². The first-order valence-electron chi connectivity index (χ1n) is 8.15. The zero-order valence-corrected chi connectivity index (χ0v) is 14.6. The molecule has 4 rings (SSSR count). The average Bonchev–Trinajstić information content (AvgIpc) is 2.99. The Kier molecular flexibility index (Phi) is 4.62. The molecule has 1 aromatic heterocycles. The molecule has 126 valence electrons. The van der Waals surface area contributed by atoms with Crippen LogP contribution in [0.1, 0.15) is 5.69 Å². The molecule has 1 amide bonds. The van der Waals surface area contributed by atoms with Crippen molar-refractivity contribution in [3.8, 4) is 0 Å². The van der Waals surface area contributed by atoms with Crippen LogP contribution in [0.4, 0.5) is 11.4 Å². The minimum absolute atomic E-state index is 0.0958. The molecule has 0 saturated carbocycles. The zero-order valence-electron chi connectivity index (χ0n) is 13.8. The Balaban J connectivity index is 1.77. The van der Waals surface area contributed by atoms with Crippen molar-refractivity contribution in [2.45, 2.75) is 0 Å². The van der Waals surface area contributed by atoms with E-state index in [2.05, 4.69) is 9.98 Å². The Hall–Kier alpha value is -3.18. The summed E-state index contributed by atoms with van der Waals surface area (Å²) in [4.78, 5) is 24.2. The second-order valence-corrected chi connectivity index (χ2v) is 6.58. The molecule has 5 heteroatoms. The monoisotopic (exact) mass is 357 g/mol. The van der Waals surface area contributed by atoms with Crippen molar-refractivity contribution >= 4 is 40.3 Å². The van der Waals surface area contributed by atoms with E-state index in [4.69, 9.17) is 0 Å². The van der Waals surface area contributed by atoms with Gasteiger partial charge in [0.1, 0.15) is 0 Å². The fraction of sp³-hybridized carbons (Fsp3) is 0. The van der Waals surface area contributed by atoms with Crippen LogP contribution >= 0.6 is 11.8 Å². The summed E-state index contributed by atoms with van der Waals surface area (Å²) < 4.78 is 0. The molecule has 2 heterocycles. The Morgan fingerprint density at radius 2 is 1.58 bits per heavy atom. The van der Waals surface area contributed by atoms with Gasteiger partial charge in [-0.05, 0) is 54.2 Å². The summed E-state index contributed by atoms with van der Waals surface area (Å²) in [6, 6.07) is 24.8. The van der Waals surface area contributed by atoms with Gasteiger partial charge < -0.3 is 0 Å². The van der Waals surface area contributed by atoms with Crippen molar-refractivity contribution in [2.24, 2.45) is 4.99 Å². The average molecular weight is 357 g/mol. The molecule has 1 aliphatic heterocycles. The third-order valence-electron chi connectivity index (χ3n) is 3.77. The lowest BCUT2D eigenvalue weighted by Crippen LogP contribution is -2.28. The number of carbonyl (C=O) groups is 1. The number of rotatable bonds is 3. The van der Waals surface area contributed by atoms with Crippen molar-refractivity contribution in [1.82, 2.24) is 4.98 Å². The van der Waals surface area contributed by atoms with Gasteiger partial charge in [-0.25, -0.2) is 4.99 Å². The largest absolute Gasteiger partial charge is 0.271 e. The van der Waals surface area contributed by atoms with E-state index in [1.165, 1.54) is 11.8 Å². The standard InChI is InChI=1S/C21H15N3OS/c25-20-19(15-17-11-7-8-14-22-17)26-21(23-16-9-3-1-4-10-16)24(20)18-12-5-2-6-13-18/h1-15H/b19-15-,23-21?. The number of amides is 1. The molecule has 4 nitrogen and oxygen atoms in total. The summed E-state index contributed by atoms with van der Waals surface area (Å²) in [7, 11) is 0. The molecular weight excluding hydrogens is 342 g/mol. The number of aromatic nitrogens is 1. The van der Waals surface area contributed by atoms with Crippen molar-refractivity contribution < 1.29 is 4.79 Å². The first-order chi connectivity index (χ1) is 12.8. The molecule has 0 N–H and O–H groups in total. The van der Waals surface area contributed by atoms with Crippen LogP contribution in [0.3, 0.4) is 0 Å². The molecule has 3 aromatic rings. The minimum Gasteiger partial charge on any atom is -0.268 e. The van der Waals surface area contributed by atoms with Gasteiger partial charge in [-0.1, -0.05) is 42.5 Å². The number of carbonyl (C=O) groups excluding carboxylic acids is 1. The van der Waals surface area contributed by atoms with Gasteiger partial charge in [0.25, 0.3) is 5.91 Å². The van der Waals surface area contributed by atoms with Crippen molar-refractivity contribution in [1.29, 1.82) is 0 Å². The molecule has 0 radical (unpaired) electrons. The van der Waals surface area contributed by atoms with Gasteiger partial charge in [0.15, 0.2) is 5.17 Å². The fourth-order valence-corrected chi connectivity index (χ4v) is 3.55. The Morgan fingerprint density at radius 3 is 2.27 bits per heavy atom. The first kappa shape index (κ1) is 16.3. The quantitative estimate of drug-likeness (QED) is 0.627. The third kappa shape index (κ3) is 3.43. The zero-order chi connectivity index (χ0) is 17.8. The second kappa shape index (κ2) is 7.37. The summed E-state index contributed by atoms with van der Waals surface area (Å²) >= 11 is 1.36. The number of nitrogens with zero attached hydrogens (tertiary/aromatic N) is 3. The molecule has 0 spiro atoms. The molecule has 0 aliphatic carbocycles. The molecule has 0 atom stereocenters. The summed E-state index contributed by atoms with van der Waals surface area (Å²) in [5.74, 6) is -0.0958. The van der Waals surface area contributed by atoms with Crippen LogP contribution in [0.15, 0.2) is 95.0 Å². The van der Waals surface area contributed by atoms with Crippen molar-refractivity contribution in [2.75, 3.05) is 4.90 Å². The highest BCUT2D eigenvalue weighted by Gasteiger charge is 2.34. The Bertz CT molecular complexity index is 970. The third-order valence-corrected chi connectivity index (χ3v) is 4.74. The van der Waals surface area contributed by atoms with Gasteiger partial charge in [0.2, 0.25) is 0 Å². The van der Waals surface area contributed by atoms with Gasteiger partial charge in [-0.2, -0.15) is 0 Å². The second-order valence-electron chi connectivity index (χ2n) is 5.57. The van der Waals surface area contributed by atoms with Crippen molar-refractivity contribution in [3.05, 3.63) is 95.7 Å². The number of benzene rings is 2. The number of pyridine rings is 1. The van der Waals surface area contributed by atoms with Gasteiger partial charge in [0.05, 0.1) is 22.0 Å². The highest BCUT2D eigenvalue weighted by atomic mass is 32.2. The summed E-state index contributed by atoms with van der Waals surface area (Å²) in [5.41, 5.74) is 2.35. The molecular formula is C21H15N3OS. The van der Waals surface area contributed by atoms with E-state index in [1.54, 1.807) is 17.2 Å². The Labute approximate surface area is 155 Å². The maximum atomic E-state index is 13.0. The number of anilines is 1. The van der Waals surface area contributed by atoms with E-state index < -0.39 is 0 Å². The predicted molar refractivity (Wildman–Crippen MR) is 107 cm³/mol. The van der Waals surface area contributed by atoms with E-state index in [1.807, 2.05) is 78.9 Å². The first-order valence-corrected chi connectivity index (χ1v) is 8.97. The molecule has 1 aliphatic rings. The van der Waals surface area contributed by atoms with Crippen LogP contribution < -0.4 is 4.90 Å². The number of aliphatic imine (C=N–C) groups is 1. The Morgan fingerprint density at radius 1 is 0.885 bits per heavy atom.